The number of hydrogen-bond donors (Lipinski definition) is 0. The lowest BCUT2D eigenvalue weighted by Crippen LogP contribution is -2.28. The van der Waals surface area contributed by atoms with Crippen LogP contribution in [-0.4, -0.2) is 0 Å². The molecule has 0 atom stereocenters. The van der Waals surface area contributed by atoms with Crippen molar-refractivity contribution in [2.45, 2.75) is 5.41 Å². The number of hydrogen-bond acceptors (Lipinski definition) is 0. The Hall–Kier alpha value is -4.13. The van der Waals surface area contributed by atoms with Gasteiger partial charge in [0.15, 0.2) is 0 Å². The molecular formula is C35H23Cl. The molecule has 0 radical (unpaired) electrons. The predicted octanol–water partition coefficient (Wildman–Crippen LogP) is 9.52. The molecule has 36 heavy (non-hydrogen) atoms. The molecule has 7 rings (SSSR count). The third-order valence-electron chi connectivity index (χ3n) is 7.63. The topological polar surface area (TPSA) is 0 Å². The lowest BCUT2D eigenvalue weighted by atomic mass is 9.67. The normalized spacial score (nSPS) is 13.4. The molecule has 0 heterocycles. The lowest BCUT2D eigenvalue weighted by molar-refractivity contribution is 0.768. The van der Waals surface area contributed by atoms with Crippen LogP contribution in [-0.2, 0) is 5.41 Å². The Morgan fingerprint density at radius 1 is 0.444 bits per heavy atom. The molecule has 0 aliphatic heterocycles. The molecule has 0 saturated carbocycles. The van der Waals surface area contributed by atoms with E-state index in [1.807, 2.05) is 6.07 Å². The first-order valence-corrected chi connectivity index (χ1v) is 12.7. The Bertz CT molecular complexity index is 1690. The van der Waals surface area contributed by atoms with Gasteiger partial charge < -0.3 is 0 Å². The van der Waals surface area contributed by atoms with E-state index in [1.165, 1.54) is 55.3 Å². The Morgan fingerprint density at radius 2 is 1.03 bits per heavy atom. The molecule has 6 aromatic rings. The third-order valence-corrected chi connectivity index (χ3v) is 7.86. The van der Waals surface area contributed by atoms with Gasteiger partial charge in [-0.15, -0.1) is 0 Å². The van der Waals surface area contributed by atoms with Crippen LogP contribution in [0.25, 0.3) is 33.0 Å². The highest BCUT2D eigenvalue weighted by Crippen LogP contribution is 2.56. The molecule has 1 aliphatic rings. The average Bonchev–Trinajstić information content (AvgIpc) is 3.24. The van der Waals surface area contributed by atoms with Crippen LogP contribution in [0.2, 0.25) is 5.02 Å². The van der Waals surface area contributed by atoms with Gasteiger partial charge in [0.1, 0.15) is 0 Å². The maximum absolute atomic E-state index is 6.59. The summed E-state index contributed by atoms with van der Waals surface area (Å²) in [6.45, 7) is 0. The van der Waals surface area contributed by atoms with Crippen LogP contribution in [0.4, 0.5) is 0 Å². The maximum Gasteiger partial charge on any atom is 0.0714 e. The second kappa shape index (κ2) is 8.22. The molecule has 0 amide bonds. The Labute approximate surface area is 216 Å². The highest BCUT2D eigenvalue weighted by Gasteiger charge is 2.45. The first kappa shape index (κ1) is 21.2. The summed E-state index contributed by atoms with van der Waals surface area (Å²) in [7, 11) is 0. The molecule has 0 aromatic heterocycles. The van der Waals surface area contributed by atoms with E-state index in [2.05, 4.69) is 133 Å². The van der Waals surface area contributed by atoms with Gasteiger partial charge in [0.25, 0.3) is 0 Å². The van der Waals surface area contributed by atoms with Crippen molar-refractivity contribution in [2.24, 2.45) is 0 Å². The number of halogens is 1. The van der Waals surface area contributed by atoms with Gasteiger partial charge in [0.05, 0.1) is 5.41 Å². The van der Waals surface area contributed by atoms with Crippen molar-refractivity contribution in [2.75, 3.05) is 0 Å². The maximum atomic E-state index is 6.59. The minimum absolute atomic E-state index is 0.435. The Balaban J connectivity index is 1.50. The van der Waals surface area contributed by atoms with E-state index in [4.69, 9.17) is 11.6 Å². The fourth-order valence-electron chi connectivity index (χ4n) is 6.12. The first-order valence-electron chi connectivity index (χ1n) is 12.3. The number of benzene rings is 6. The van der Waals surface area contributed by atoms with Gasteiger partial charge in [-0.3, -0.25) is 0 Å². The molecule has 0 saturated heterocycles. The van der Waals surface area contributed by atoms with E-state index in [1.54, 1.807) is 0 Å². The van der Waals surface area contributed by atoms with E-state index in [9.17, 15) is 0 Å². The van der Waals surface area contributed by atoms with Crippen LogP contribution in [0, 0.1) is 0 Å². The standard InChI is InChI=1S/C35H23Cl/c36-28-12-8-11-27(23-28)35(33-17-5-3-14-31(33)32-15-4-6-18-34(32)35)26-21-19-25(20-22-26)30-16-7-10-24-9-1-2-13-29(24)30/h1-23H. The molecule has 0 bridgehead atoms. The fourth-order valence-corrected chi connectivity index (χ4v) is 6.31. The van der Waals surface area contributed by atoms with Gasteiger partial charge >= 0.3 is 0 Å². The molecular weight excluding hydrogens is 456 g/mol. The molecule has 0 spiro atoms. The zero-order valence-corrected chi connectivity index (χ0v) is 20.4. The highest BCUT2D eigenvalue weighted by molar-refractivity contribution is 6.30. The van der Waals surface area contributed by atoms with E-state index in [-0.39, 0.29) is 0 Å². The third kappa shape index (κ3) is 3.02. The van der Waals surface area contributed by atoms with Crippen molar-refractivity contribution in [3.8, 4) is 22.3 Å². The van der Waals surface area contributed by atoms with Crippen molar-refractivity contribution in [1.29, 1.82) is 0 Å². The van der Waals surface area contributed by atoms with Gasteiger partial charge in [0, 0.05) is 5.02 Å². The summed E-state index contributed by atoms with van der Waals surface area (Å²) in [5.41, 5.74) is 9.63. The number of fused-ring (bicyclic) bond motifs is 4. The van der Waals surface area contributed by atoms with Crippen LogP contribution in [0.1, 0.15) is 22.3 Å². The second-order valence-electron chi connectivity index (χ2n) is 9.46. The van der Waals surface area contributed by atoms with Gasteiger partial charge in [-0.1, -0.05) is 139 Å². The SMILES string of the molecule is Clc1cccc(C2(c3ccc(-c4cccc5ccccc45)cc3)c3ccccc3-c3ccccc32)c1. The molecule has 1 heteroatoms. The molecule has 170 valence electrons. The minimum Gasteiger partial charge on any atom is -0.0843 e. The van der Waals surface area contributed by atoms with E-state index >= 15 is 0 Å². The molecule has 0 unspecified atom stereocenters. The molecule has 0 N–H and O–H groups in total. The monoisotopic (exact) mass is 478 g/mol. The van der Waals surface area contributed by atoms with Gasteiger partial charge in [0.2, 0.25) is 0 Å². The summed E-state index contributed by atoms with van der Waals surface area (Å²) < 4.78 is 0. The van der Waals surface area contributed by atoms with Crippen LogP contribution in [0.3, 0.4) is 0 Å². The highest BCUT2D eigenvalue weighted by atomic mass is 35.5. The quantitative estimate of drug-likeness (QED) is 0.237. The van der Waals surface area contributed by atoms with Crippen LogP contribution < -0.4 is 0 Å². The number of rotatable bonds is 3. The summed E-state index contributed by atoms with van der Waals surface area (Å²) in [6, 6.07) is 50.2. The molecule has 6 aromatic carbocycles. The van der Waals surface area contributed by atoms with Gasteiger partial charge in [-0.25, -0.2) is 0 Å². The minimum atomic E-state index is -0.435. The predicted molar refractivity (Wildman–Crippen MR) is 152 cm³/mol. The van der Waals surface area contributed by atoms with Crippen molar-refractivity contribution >= 4 is 22.4 Å². The smallest absolute Gasteiger partial charge is 0.0714 e. The van der Waals surface area contributed by atoms with Crippen molar-refractivity contribution < 1.29 is 0 Å². The zero-order chi connectivity index (χ0) is 24.1. The molecule has 0 nitrogen and oxygen atoms in total. The zero-order valence-electron chi connectivity index (χ0n) is 19.7. The lowest BCUT2D eigenvalue weighted by Gasteiger charge is -2.34. The summed E-state index contributed by atoms with van der Waals surface area (Å²) in [5, 5.41) is 3.28. The van der Waals surface area contributed by atoms with Crippen molar-refractivity contribution in [3.63, 3.8) is 0 Å². The van der Waals surface area contributed by atoms with Crippen LogP contribution in [0.15, 0.2) is 140 Å². The summed E-state index contributed by atoms with van der Waals surface area (Å²) in [4.78, 5) is 0. The Morgan fingerprint density at radius 3 is 1.75 bits per heavy atom. The average molecular weight is 479 g/mol. The van der Waals surface area contributed by atoms with Gasteiger partial charge in [-0.05, 0) is 67.4 Å². The summed E-state index contributed by atoms with van der Waals surface area (Å²) in [5.74, 6) is 0. The second-order valence-corrected chi connectivity index (χ2v) is 9.89. The van der Waals surface area contributed by atoms with Crippen LogP contribution >= 0.6 is 11.6 Å². The van der Waals surface area contributed by atoms with Crippen LogP contribution in [0.5, 0.6) is 0 Å². The summed E-state index contributed by atoms with van der Waals surface area (Å²) >= 11 is 6.59. The van der Waals surface area contributed by atoms with Crippen molar-refractivity contribution in [1.82, 2.24) is 0 Å². The van der Waals surface area contributed by atoms with Gasteiger partial charge in [-0.2, -0.15) is 0 Å². The largest absolute Gasteiger partial charge is 0.0843 e. The molecule has 1 aliphatic carbocycles. The van der Waals surface area contributed by atoms with E-state index in [0.29, 0.717) is 0 Å². The van der Waals surface area contributed by atoms with E-state index < -0.39 is 5.41 Å². The first-order chi connectivity index (χ1) is 17.8. The van der Waals surface area contributed by atoms with E-state index in [0.717, 1.165) is 5.02 Å². The fraction of sp³-hybridized carbons (Fsp3) is 0.0286. The van der Waals surface area contributed by atoms with Crippen molar-refractivity contribution in [3.05, 3.63) is 167 Å². The molecule has 0 fully saturated rings. The Kier molecular flexibility index (Phi) is 4.84. The summed E-state index contributed by atoms with van der Waals surface area (Å²) in [6.07, 6.45) is 0.